The number of hydrogen-bond acceptors (Lipinski definition) is 5. The lowest BCUT2D eigenvalue weighted by Crippen LogP contribution is -2.35. The number of benzene rings is 1. The minimum absolute atomic E-state index is 0.108. The predicted molar refractivity (Wildman–Crippen MR) is 79.3 cm³/mol. The molecule has 1 aliphatic heterocycles. The van der Waals surface area contributed by atoms with Crippen molar-refractivity contribution in [3.63, 3.8) is 0 Å². The molecular weight excluding hydrogens is 258 g/mol. The second-order valence-electron chi connectivity index (χ2n) is 5.21. The van der Waals surface area contributed by atoms with Crippen molar-refractivity contribution < 1.29 is 10.0 Å². The summed E-state index contributed by atoms with van der Waals surface area (Å²) in [5, 5.41) is 23.0. The average molecular weight is 279 g/mol. The molecule has 2 N–H and O–H groups in total. The fourth-order valence-electron chi connectivity index (χ4n) is 2.75. The van der Waals surface area contributed by atoms with Gasteiger partial charge in [0.15, 0.2) is 0 Å². The molecule has 0 saturated carbocycles. The summed E-state index contributed by atoms with van der Waals surface area (Å²) < 4.78 is 0. The number of aliphatic hydroxyl groups excluding tert-OH is 1. The molecule has 1 unspecified atom stereocenters. The maximum atomic E-state index is 11.0. The van der Waals surface area contributed by atoms with E-state index in [1.54, 1.807) is 19.2 Å². The van der Waals surface area contributed by atoms with Crippen molar-refractivity contribution in [3.05, 3.63) is 28.3 Å². The summed E-state index contributed by atoms with van der Waals surface area (Å²) in [6.45, 7) is 1.96. The number of anilines is 2. The van der Waals surface area contributed by atoms with Crippen molar-refractivity contribution in [2.45, 2.75) is 19.3 Å². The quantitative estimate of drug-likeness (QED) is 0.638. The Bertz CT molecular complexity index is 477. The van der Waals surface area contributed by atoms with Gasteiger partial charge in [0, 0.05) is 50.3 Å². The van der Waals surface area contributed by atoms with E-state index in [0.717, 1.165) is 43.7 Å². The van der Waals surface area contributed by atoms with E-state index in [1.807, 2.05) is 6.07 Å². The first-order valence-electron chi connectivity index (χ1n) is 6.97. The van der Waals surface area contributed by atoms with Gasteiger partial charge in [-0.3, -0.25) is 10.1 Å². The SMILES string of the molecule is CNc1cc(N2CCCC(CCO)C2)cc([N+](=O)[O-])c1. The lowest BCUT2D eigenvalue weighted by molar-refractivity contribution is -0.384. The summed E-state index contributed by atoms with van der Waals surface area (Å²) in [5.41, 5.74) is 1.74. The van der Waals surface area contributed by atoms with Gasteiger partial charge in [0.25, 0.3) is 5.69 Å². The highest BCUT2D eigenvalue weighted by molar-refractivity contribution is 5.64. The fourth-order valence-corrected chi connectivity index (χ4v) is 2.75. The highest BCUT2D eigenvalue weighted by Crippen LogP contribution is 2.30. The van der Waals surface area contributed by atoms with Crippen LogP contribution in [-0.4, -0.2) is 36.8 Å². The number of nitro benzene ring substituents is 1. The maximum absolute atomic E-state index is 11.0. The van der Waals surface area contributed by atoms with Crippen LogP contribution in [0.5, 0.6) is 0 Å². The van der Waals surface area contributed by atoms with Crippen molar-refractivity contribution in [1.82, 2.24) is 0 Å². The molecule has 1 aliphatic rings. The molecule has 1 aromatic rings. The number of hydrogen-bond donors (Lipinski definition) is 2. The van der Waals surface area contributed by atoms with Crippen molar-refractivity contribution in [2.24, 2.45) is 5.92 Å². The topological polar surface area (TPSA) is 78.6 Å². The first kappa shape index (κ1) is 14.6. The van der Waals surface area contributed by atoms with Gasteiger partial charge in [0.1, 0.15) is 0 Å². The Morgan fingerprint density at radius 2 is 2.30 bits per heavy atom. The van der Waals surface area contributed by atoms with Gasteiger partial charge in [-0.15, -0.1) is 0 Å². The number of non-ortho nitro benzene ring substituents is 1. The van der Waals surface area contributed by atoms with Gasteiger partial charge in [-0.1, -0.05) is 0 Å². The number of piperidine rings is 1. The smallest absolute Gasteiger partial charge is 0.273 e. The molecule has 1 fully saturated rings. The second-order valence-corrected chi connectivity index (χ2v) is 5.21. The van der Waals surface area contributed by atoms with Crippen LogP contribution in [0.2, 0.25) is 0 Å². The Morgan fingerprint density at radius 3 is 2.95 bits per heavy atom. The number of nitrogens with zero attached hydrogens (tertiary/aromatic N) is 2. The molecule has 20 heavy (non-hydrogen) atoms. The molecule has 6 heteroatoms. The van der Waals surface area contributed by atoms with E-state index in [2.05, 4.69) is 10.2 Å². The minimum Gasteiger partial charge on any atom is -0.396 e. The molecule has 0 aliphatic carbocycles. The van der Waals surface area contributed by atoms with Crippen LogP contribution in [0.15, 0.2) is 18.2 Å². The molecule has 1 saturated heterocycles. The van der Waals surface area contributed by atoms with Gasteiger partial charge in [-0.25, -0.2) is 0 Å². The third-order valence-electron chi connectivity index (χ3n) is 3.82. The Hall–Kier alpha value is -1.82. The van der Waals surface area contributed by atoms with Gasteiger partial charge >= 0.3 is 0 Å². The van der Waals surface area contributed by atoms with Crippen molar-refractivity contribution in [2.75, 3.05) is 37.0 Å². The zero-order chi connectivity index (χ0) is 14.5. The van der Waals surface area contributed by atoms with E-state index in [0.29, 0.717) is 5.92 Å². The first-order valence-corrected chi connectivity index (χ1v) is 6.97. The molecule has 1 atom stereocenters. The summed E-state index contributed by atoms with van der Waals surface area (Å²) in [5.74, 6) is 0.464. The van der Waals surface area contributed by atoms with Crippen LogP contribution in [0.25, 0.3) is 0 Å². The predicted octanol–water partition coefficient (Wildman–Crippen LogP) is 2.24. The Balaban J connectivity index is 2.22. The van der Waals surface area contributed by atoms with E-state index in [-0.39, 0.29) is 17.2 Å². The monoisotopic (exact) mass is 279 g/mol. The zero-order valence-electron chi connectivity index (χ0n) is 11.7. The number of nitrogens with one attached hydrogen (secondary N) is 1. The lowest BCUT2D eigenvalue weighted by Gasteiger charge is -2.34. The molecule has 2 rings (SSSR count). The number of rotatable bonds is 5. The molecule has 6 nitrogen and oxygen atoms in total. The average Bonchev–Trinajstić information content (AvgIpc) is 2.47. The molecule has 1 heterocycles. The van der Waals surface area contributed by atoms with Crippen molar-refractivity contribution in [3.8, 4) is 0 Å². The fraction of sp³-hybridized carbons (Fsp3) is 0.571. The molecule has 0 bridgehead atoms. The zero-order valence-corrected chi connectivity index (χ0v) is 11.7. The van der Waals surface area contributed by atoms with Crippen molar-refractivity contribution in [1.29, 1.82) is 0 Å². The number of aliphatic hydroxyl groups is 1. The second kappa shape index (κ2) is 6.56. The summed E-state index contributed by atoms with van der Waals surface area (Å²) in [7, 11) is 1.76. The van der Waals surface area contributed by atoms with Crippen LogP contribution in [0.4, 0.5) is 17.1 Å². The highest BCUT2D eigenvalue weighted by Gasteiger charge is 2.21. The summed E-state index contributed by atoms with van der Waals surface area (Å²) in [6.07, 6.45) is 2.97. The Kier molecular flexibility index (Phi) is 4.79. The molecule has 0 amide bonds. The summed E-state index contributed by atoms with van der Waals surface area (Å²) >= 11 is 0. The van der Waals surface area contributed by atoms with Crippen molar-refractivity contribution >= 4 is 17.1 Å². The third kappa shape index (κ3) is 3.39. The maximum Gasteiger partial charge on any atom is 0.273 e. The van der Waals surface area contributed by atoms with E-state index in [9.17, 15) is 10.1 Å². The molecule has 0 aromatic heterocycles. The molecule has 0 spiro atoms. The summed E-state index contributed by atoms with van der Waals surface area (Å²) in [6, 6.07) is 5.11. The third-order valence-corrected chi connectivity index (χ3v) is 3.82. The van der Waals surface area contributed by atoms with Crippen LogP contribution in [0.1, 0.15) is 19.3 Å². The van der Waals surface area contributed by atoms with Crippen LogP contribution in [-0.2, 0) is 0 Å². The van der Waals surface area contributed by atoms with Crippen LogP contribution < -0.4 is 10.2 Å². The molecule has 0 radical (unpaired) electrons. The normalized spacial score (nSPS) is 18.9. The highest BCUT2D eigenvalue weighted by atomic mass is 16.6. The number of nitro groups is 1. The van der Waals surface area contributed by atoms with Gasteiger partial charge in [-0.05, 0) is 31.2 Å². The molecule has 110 valence electrons. The van der Waals surface area contributed by atoms with E-state index < -0.39 is 0 Å². The standard InChI is InChI=1S/C14H21N3O3/c1-15-12-7-13(9-14(8-12)17(19)20)16-5-2-3-11(10-16)4-6-18/h7-9,11,15,18H,2-6,10H2,1H3. The minimum atomic E-state index is -0.362. The van der Waals surface area contributed by atoms with Crippen LogP contribution >= 0.6 is 0 Å². The Morgan fingerprint density at radius 1 is 1.50 bits per heavy atom. The van der Waals surface area contributed by atoms with Gasteiger partial charge < -0.3 is 15.3 Å². The Labute approximate surface area is 118 Å². The lowest BCUT2D eigenvalue weighted by atomic mass is 9.94. The summed E-state index contributed by atoms with van der Waals surface area (Å²) in [4.78, 5) is 12.8. The van der Waals surface area contributed by atoms with Crippen LogP contribution in [0, 0.1) is 16.0 Å². The molecule has 1 aromatic carbocycles. The van der Waals surface area contributed by atoms with Gasteiger partial charge in [0.2, 0.25) is 0 Å². The van der Waals surface area contributed by atoms with Crippen LogP contribution in [0.3, 0.4) is 0 Å². The molecular formula is C14H21N3O3. The largest absolute Gasteiger partial charge is 0.396 e. The van der Waals surface area contributed by atoms with E-state index >= 15 is 0 Å². The van der Waals surface area contributed by atoms with Gasteiger partial charge in [-0.2, -0.15) is 0 Å². The van der Waals surface area contributed by atoms with Gasteiger partial charge in [0.05, 0.1) is 4.92 Å². The first-order chi connectivity index (χ1) is 9.63. The van der Waals surface area contributed by atoms with E-state index in [4.69, 9.17) is 5.11 Å². The van der Waals surface area contributed by atoms with E-state index in [1.165, 1.54) is 0 Å².